The van der Waals surface area contributed by atoms with Crippen LogP contribution in [0.3, 0.4) is 0 Å². The fraction of sp³-hybridized carbons (Fsp3) is 0.548. The second-order valence-electron chi connectivity index (χ2n) is 11.6. The van der Waals surface area contributed by atoms with E-state index >= 15 is 0 Å². The van der Waals surface area contributed by atoms with Gasteiger partial charge in [-0.1, -0.05) is 30.6 Å². The van der Waals surface area contributed by atoms with E-state index in [1.807, 2.05) is 31.2 Å². The number of hydrogen-bond donors (Lipinski definition) is 0. The normalized spacial score (nSPS) is 32.8. The molecule has 0 saturated heterocycles. The maximum Gasteiger partial charge on any atom is 0.457 e. The summed E-state index contributed by atoms with van der Waals surface area (Å²) in [5.41, 5.74) is 2.27. The number of hydrogen-bond acceptors (Lipinski definition) is 4. The number of ether oxygens (including phenoxy) is 1. The van der Waals surface area contributed by atoms with Crippen LogP contribution < -0.4 is 0 Å². The number of benzene rings is 1. The van der Waals surface area contributed by atoms with E-state index in [-0.39, 0.29) is 36.6 Å². The predicted octanol–water partition coefficient (Wildman–Crippen LogP) is 6.09. The molecule has 0 aliphatic heterocycles. The Bertz CT molecular complexity index is 1350. The molecular formula is C31H33F3O4S. The van der Waals surface area contributed by atoms with Crippen molar-refractivity contribution in [1.29, 1.82) is 0 Å². The number of alkyl halides is 3. The van der Waals surface area contributed by atoms with Gasteiger partial charge >= 0.3 is 6.18 Å². The van der Waals surface area contributed by atoms with Gasteiger partial charge in [-0.25, -0.2) is 0 Å². The predicted molar refractivity (Wildman–Crippen MR) is 142 cm³/mol. The van der Waals surface area contributed by atoms with Gasteiger partial charge < -0.3 is 4.74 Å². The SMILES string of the molecule is COCC(=O)[C@@]1(C#CC(F)(F)F)CC[C@H]2[C@@H]3CCC4=CC(=O)CCC4=C3[C@@H](c3ccc(S(C)=O)cc3)C[C@@]21C. The van der Waals surface area contributed by atoms with Crippen molar-refractivity contribution in [1.82, 2.24) is 0 Å². The van der Waals surface area contributed by atoms with Gasteiger partial charge in [0, 0.05) is 47.3 Å². The van der Waals surface area contributed by atoms with Crippen LogP contribution >= 0.6 is 0 Å². The number of ketones is 2. The highest BCUT2D eigenvalue weighted by Gasteiger charge is 2.65. The van der Waals surface area contributed by atoms with Gasteiger partial charge in [-0.05, 0) is 90.7 Å². The fourth-order valence-corrected chi connectivity index (χ4v) is 8.56. The van der Waals surface area contributed by atoms with Crippen molar-refractivity contribution in [2.45, 2.75) is 68.9 Å². The summed E-state index contributed by atoms with van der Waals surface area (Å²) in [5.74, 6) is 3.64. The summed E-state index contributed by atoms with van der Waals surface area (Å²) >= 11 is 0. The Morgan fingerprint density at radius 3 is 2.51 bits per heavy atom. The van der Waals surface area contributed by atoms with Crippen molar-refractivity contribution in [2.75, 3.05) is 20.0 Å². The average Bonchev–Trinajstić information content (AvgIpc) is 3.19. The molecule has 0 bridgehead atoms. The number of carbonyl (C=O) groups is 2. The van der Waals surface area contributed by atoms with Crippen LogP contribution in [-0.4, -0.2) is 41.9 Å². The van der Waals surface area contributed by atoms with Crippen LogP contribution in [0.15, 0.2) is 52.0 Å². The molecular weight excluding hydrogens is 525 g/mol. The molecule has 8 heteroatoms. The standard InChI is InChI=1S/C31H33F3O4S/c1-29-17-25(19-4-8-22(9-5-19)39(3)37)28-23-11-7-21(35)16-20(23)6-10-24(28)26(29)12-13-30(29,27(36)18-38-2)14-15-31(32,33)34/h4-5,8-9,16,24-26H,6-7,10-13,17-18H2,1-3H3/t24-,25+,26-,29-,30-,39?/m0/s1. The Labute approximate surface area is 229 Å². The second-order valence-corrected chi connectivity index (χ2v) is 12.9. The molecule has 0 radical (unpaired) electrons. The summed E-state index contributed by atoms with van der Waals surface area (Å²) in [6.45, 7) is 1.67. The molecule has 0 aromatic heterocycles. The molecule has 5 rings (SSSR count). The van der Waals surface area contributed by atoms with Crippen LogP contribution in [0.1, 0.15) is 63.4 Å². The molecule has 1 aromatic rings. The van der Waals surface area contributed by atoms with Gasteiger partial charge in [0.15, 0.2) is 11.6 Å². The monoisotopic (exact) mass is 558 g/mol. The number of Topliss-reactive ketones (excluding diaryl/α,β-unsaturated/α-hetero) is 1. The highest BCUT2D eigenvalue weighted by atomic mass is 32.2. The number of methoxy groups -OCH3 is 1. The Kier molecular flexibility index (Phi) is 7.30. The zero-order valence-electron chi connectivity index (χ0n) is 22.5. The third-order valence-corrected chi connectivity index (χ3v) is 10.6. The molecule has 0 amide bonds. The summed E-state index contributed by atoms with van der Waals surface area (Å²) in [6.07, 6.45) is 2.66. The van der Waals surface area contributed by atoms with Crippen molar-refractivity contribution in [3.8, 4) is 11.8 Å². The summed E-state index contributed by atoms with van der Waals surface area (Å²) in [4.78, 5) is 26.6. The highest BCUT2D eigenvalue weighted by molar-refractivity contribution is 7.84. The van der Waals surface area contributed by atoms with E-state index in [9.17, 15) is 27.0 Å². The first kappa shape index (κ1) is 28.0. The quantitative estimate of drug-likeness (QED) is 0.411. The lowest BCUT2D eigenvalue weighted by Gasteiger charge is -2.54. The molecule has 0 heterocycles. The third-order valence-electron chi connectivity index (χ3n) is 9.71. The Hall–Kier alpha value is -2.50. The smallest absolute Gasteiger partial charge is 0.377 e. The van der Waals surface area contributed by atoms with Crippen molar-refractivity contribution in [2.24, 2.45) is 22.7 Å². The maximum atomic E-state index is 13.6. The summed E-state index contributed by atoms with van der Waals surface area (Å²) in [5, 5.41) is 0. The minimum atomic E-state index is -4.71. The lowest BCUT2D eigenvalue weighted by Crippen LogP contribution is -2.51. The zero-order chi connectivity index (χ0) is 28.2. The van der Waals surface area contributed by atoms with Crippen LogP contribution in [0.5, 0.6) is 0 Å². The van der Waals surface area contributed by atoms with E-state index in [4.69, 9.17) is 4.74 Å². The van der Waals surface area contributed by atoms with Crippen LogP contribution in [0, 0.1) is 34.5 Å². The van der Waals surface area contributed by atoms with E-state index in [0.717, 1.165) is 24.0 Å². The molecule has 0 N–H and O–H groups in total. The lowest BCUT2D eigenvalue weighted by atomic mass is 9.48. The average molecular weight is 559 g/mol. The second kappa shape index (κ2) is 10.2. The first-order valence-electron chi connectivity index (χ1n) is 13.4. The Morgan fingerprint density at radius 2 is 1.87 bits per heavy atom. The van der Waals surface area contributed by atoms with Gasteiger partial charge in [0.25, 0.3) is 0 Å². The van der Waals surface area contributed by atoms with Crippen molar-refractivity contribution in [3.63, 3.8) is 0 Å². The molecule has 4 aliphatic carbocycles. The number of rotatable bonds is 5. The Morgan fingerprint density at radius 1 is 1.15 bits per heavy atom. The third kappa shape index (κ3) is 4.76. The molecule has 1 aromatic carbocycles. The van der Waals surface area contributed by atoms with Crippen molar-refractivity contribution in [3.05, 3.63) is 52.6 Å². The van der Waals surface area contributed by atoms with E-state index in [1.54, 1.807) is 12.3 Å². The molecule has 2 saturated carbocycles. The van der Waals surface area contributed by atoms with Crippen molar-refractivity contribution >= 4 is 22.4 Å². The molecule has 4 aliphatic rings. The first-order valence-corrected chi connectivity index (χ1v) is 15.0. The van der Waals surface area contributed by atoms with E-state index in [1.165, 1.54) is 24.2 Å². The van der Waals surface area contributed by atoms with Gasteiger partial charge in [-0.3, -0.25) is 13.8 Å². The summed E-state index contributed by atoms with van der Waals surface area (Å²) in [7, 11) is 0.230. The Balaban J connectivity index is 1.70. The van der Waals surface area contributed by atoms with Gasteiger partial charge in [0.05, 0.1) is 5.41 Å². The van der Waals surface area contributed by atoms with Crippen LogP contribution in [0.2, 0.25) is 0 Å². The van der Waals surface area contributed by atoms with Crippen molar-refractivity contribution < 1.29 is 31.7 Å². The largest absolute Gasteiger partial charge is 0.457 e. The van der Waals surface area contributed by atoms with Crippen LogP contribution in [-0.2, 0) is 25.1 Å². The van der Waals surface area contributed by atoms with Gasteiger partial charge in [-0.15, -0.1) is 0 Å². The number of halogens is 3. The highest BCUT2D eigenvalue weighted by Crippen LogP contribution is 2.69. The van der Waals surface area contributed by atoms with Crippen LogP contribution in [0.4, 0.5) is 13.2 Å². The van der Waals surface area contributed by atoms with Gasteiger partial charge in [0.1, 0.15) is 6.61 Å². The molecule has 0 spiro atoms. The minimum absolute atomic E-state index is 0.0128. The van der Waals surface area contributed by atoms with Crippen LogP contribution in [0.25, 0.3) is 0 Å². The number of fused-ring (bicyclic) bond motifs is 4. The summed E-state index contributed by atoms with van der Waals surface area (Å²) in [6, 6.07) is 7.59. The maximum absolute atomic E-state index is 13.6. The topological polar surface area (TPSA) is 60.4 Å². The molecule has 1 unspecified atom stereocenters. The minimum Gasteiger partial charge on any atom is -0.377 e. The first-order chi connectivity index (χ1) is 18.4. The fourth-order valence-electron chi connectivity index (χ4n) is 8.04. The van der Waals surface area contributed by atoms with E-state index in [2.05, 4.69) is 5.92 Å². The number of carbonyl (C=O) groups excluding carboxylic acids is 2. The van der Waals surface area contributed by atoms with E-state index in [0.29, 0.717) is 30.6 Å². The number of allylic oxidation sites excluding steroid dienone is 4. The molecule has 6 atom stereocenters. The summed E-state index contributed by atoms with van der Waals surface area (Å²) < 4.78 is 57.5. The van der Waals surface area contributed by atoms with E-state index < -0.39 is 33.6 Å². The molecule has 2 fully saturated rings. The molecule has 39 heavy (non-hydrogen) atoms. The molecule has 208 valence electrons. The van der Waals surface area contributed by atoms with Gasteiger partial charge in [-0.2, -0.15) is 13.2 Å². The van der Waals surface area contributed by atoms with Gasteiger partial charge in [0.2, 0.25) is 0 Å². The molecule has 4 nitrogen and oxygen atoms in total. The zero-order valence-corrected chi connectivity index (χ0v) is 23.3. The lowest BCUT2D eigenvalue weighted by molar-refractivity contribution is -0.136.